The fraction of sp³-hybridized carbons (Fsp3) is 0.0217. The highest BCUT2D eigenvalue weighted by Gasteiger charge is 2.23. The van der Waals surface area contributed by atoms with E-state index < -0.39 is 0 Å². The molecule has 0 amide bonds. The maximum absolute atomic E-state index is 6.65. The van der Waals surface area contributed by atoms with Gasteiger partial charge in [-0.2, -0.15) is 9.97 Å². The SMILES string of the molecule is [B]c1c([B])c([B])c(-c2nc(-c3ccc4c(c3)oc3ccccc34)nc(-n3c4ccccc4c4cc(-c5ccccc5)c(N(C)c5ccccc5)cc43)n2)c([B])c1[B]. The van der Waals surface area contributed by atoms with Gasteiger partial charge in [-0.25, -0.2) is 4.98 Å². The minimum atomic E-state index is 0.0998. The van der Waals surface area contributed by atoms with Crippen molar-refractivity contribution in [2.45, 2.75) is 0 Å². The van der Waals surface area contributed by atoms with E-state index in [0.29, 0.717) is 22.9 Å². The fourth-order valence-corrected chi connectivity index (χ4v) is 7.80. The lowest BCUT2D eigenvalue weighted by Gasteiger charge is -2.24. The van der Waals surface area contributed by atoms with E-state index in [-0.39, 0.29) is 38.7 Å². The first-order valence-corrected chi connectivity index (χ1v) is 18.4. The van der Waals surface area contributed by atoms with Crippen LogP contribution in [0.5, 0.6) is 0 Å². The van der Waals surface area contributed by atoms with Gasteiger partial charge < -0.3 is 9.32 Å². The zero-order valence-electron chi connectivity index (χ0n) is 30.8. The molecule has 10 rings (SSSR count). The molecule has 0 fully saturated rings. The van der Waals surface area contributed by atoms with Gasteiger partial charge >= 0.3 is 0 Å². The summed E-state index contributed by atoms with van der Waals surface area (Å²) < 4.78 is 8.33. The van der Waals surface area contributed by atoms with Crippen LogP contribution in [0.4, 0.5) is 11.4 Å². The molecule has 0 unspecified atom stereocenters. The molecule has 11 heteroatoms. The van der Waals surface area contributed by atoms with E-state index in [1.165, 1.54) is 0 Å². The van der Waals surface area contributed by atoms with Crippen LogP contribution in [0.3, 0.4) is 0 Å². The van der Waals surface area contributed by atoms with E-state index in [9.17, 15) is 0 Å². The first-order chi connectivity index (χ1) is 27.8. The lowest BCUT2D eigenvalue weighted by atomic mass is 9.60. The third-order valence-electron chi connectivity index (χ3n) is 10.8. The number of hydrogen-bond acceptors (Lipinski definition) is 5. The molecule has 7 aromatic carbocycles. The second-order valence-electron chi connectivity index (χ2n) is 14.0. The Morgan fingerprint density at radius 1 is 0.491 bits per heavy atom. The molecule has 3 aromatic heterocycles. The predicted molar refractivity (Wildman–Crippen MR) is 239 cm³/mol. The number of hydrogen-bond donors (Lipinski definition) is 0. The van der Waals surface area contributed by atoms with E-state index in [2.05, 4.69) is 72.6 Å². The molecule has 256 valence electrons. The van der Waals surface area contributed by atoms with Gasteiger partial charge in [0, 0.05) is 51.0 Å². The van der Waals surface area contributed by atoms with Gasteiger partial charge in [-0.1, -0.05) is 102 Å². The first-order valence-electron chi connectivity index (χ1n) is 18.4. The maximum Gasteiger partial charge on any atom is 0.238 e. The van der Waals surface area contributed by atoms with Crippen molar-refractivity contribution in [3.05, 3.63) is 140 Å². The standard InChI is InChI=1S/C46H26B5N5O/c1-55(27-14-6-3-7-15-27)34-24-35-32(23-31(34)25-12-4-2-5-13-25)28-16-8-10-18-33(28)56(35)46-53-44(26-20-21-30-29-17-9-11-19-36(29)57-37(30)22-26)52-45(54-46)38-39(47)41(49)43(51)42(50)40(38)48/h2-24H,1H3. The van der Waals surface area contributed by atoms with E-state index in [0.717, 1.165) is 60.7 Å². The van der Waals surface area contributed by atoms with Crippen LogP contribution in [0, 0.1) is 0 Å². The summed E-state index contributed by atoms with van der Waals surface area (Å²) in [5.41, 5.74) is 8.92. The Balaban J connectivity index is 1.29. The molecule has 0 N–H and O–H groups in total. The highest BCUT2D eigenvalue weighted by atomic mass is 16.3. The maximum atomic E-state index is 6.65. The van der Waals surface area contributed by atoms with E-state index in [4.69, 9.17) is 58.6 Å². The number of anilines is 2. The van der Waals surface area contributed by atoms with Crippen molar-refractivity contribution in [2.24, 2.45) is 0 Å². The Morgan fingerprint density at radius 2 is 1.11 bits per heavy atom. The van der Waals surface area contributed by atoms with Crippen LogP contribution in [0.2, 0.25) is 0 Å². The number of nitrogens with zero attached hydrogens (tertiary/aromatic N) is 5. The molecule has 3 heterocycles. The topological polar surface area (TPSA) is 60.0 Å². The molecule has 10 aromatic rings. The molecule has 57 heavy (non-hydrogen) atoms. The molecule has 0 saturated carbocycles. The molecule has 6 nitrogen and oxygen atoms in total. The summed E-state index contributed by atoms with van der Waals surface area (Å²) in [6, 6.07) is 47.2. The van der Waals surface area contributed by atoms with Gasteiger partial charge in [0.15, 0.2) is 11.6 Å². The number of furan rings is 1. The van der Waals surface area contributed by atoms with Crippen molar-refractivity contribution in [3.63, 3.8) is 0 Å². The van der Waals surface area contributed by atoms with E-state index in [1.807, 2.05) is 83.4 Å². The summed E-state index contributed by atoms with van der Waals surface area (Å²) in [7, 11) is 34.4. The number of benzene rings is 7. The monoisotopic (exact) mass is 719 g/mol. The number of fused-ring (bicyclic) bond motifs is 6. The fourth-order valence-electron chi connectivity index (χ4n) is 7.80. The zero-order chi connectivity index (χ0) is 38.9. The molecular formula is C46H26B5N5O. The van der Waals surface area contributed by atoms with Crippen LogP contribution >= 0.6 is 0 Å². The molecule has 0 saturated heterocycles. The van der Waals surface area contributed by atoms with Crippen molar-refractivity contribution in [1.82, 2.24) is 19.5 Å². The molecule has 10 radical (unpaired) electrons. The van der Waals surface area contributed by atoms with Crippen molar-refractivity contribution >= 4 is 122 Å². The van der Waals surface area contributed by atoms with Crippen molar-refractivity contribution in [3.8, 4) is 39.9 Å². The predicted octanol–water partition coefficient (Wildman–Crippen LogP) is 5.61. The van der Waals surface area contributed by atoms with Crippen LogP contribution < -0.4 is 32.2 Å². The van der Waals surface area contributed by atoms with Crippen LogP contribution in [-0.4, -0.2) is 65.8 Å². The second-order valence-corrected chi connectivity index (χ2v) is 14.0. The van der Waals surface area contributed by atoms with Gasteiger partial charge in [-0.15, -0.1) is 16.4 Å². The third-order valence-corrected chi connectivity index (χ3v) is 10.8. The van der Waals surface area contributed by atoms with Crippen molar-refractivity contribution in [2.75, 3.05) is 11.9 Å². The minimum absolute atomic E-state index is 0.0998. The summed E-state index contributed by atoms with van der Waals surface area (Å²) in [5, 5.41) is 4.02. The van der Waals surface area contributed by atoms with Crippen molar-refractivity contribution in [1.29, 1.82) is 0 Å². The molecule has 0 aliphatic rings. The van der Waals surface area contributed by atoms with Gasteiger partial charge in [0.05, 0.1) is 16.7 Å². The van der Waals surface area contributed by atoms with E-state index in [1.54, 1.807) is 0 Å². The lowest BCUT2D eigenvalue weighted by Crippen LogP contribution is -2.55. The van der Waals surface area contributed by atoms with Crippen LogP contribution in [-0.2, 0) is 0 Å². The van der Waals surface area contributed by atoms with Gasteiger partial charge in [0.1, 0.15) is 50.4 Å². The van der Waals surface area contributed by atoms with Crippen LogP contribution in [0.25, 0.3) is 83.6 Å². The molecule has 0 spiro atoms. The quantitative estimate of drug-likeness (QED) is 0.210. The smallest absolute Gasteiger partial charge is 0.238 e. The van der Waals surface area contributed by atoms with Gasteiger partial charge in [-0.3, -0.25) is 4.57 Å². The number of para-hydroxylation sites is 3. The molecule has 0 aliphatic heterocycles. The van der Waals surface area contributed by atoms with Gasteiger partial charge in [0.2, 0.25) is 5.95 Å². The minimum Gasteiger partial charge on any atom is -0.456 e. The zero-order valence-corrected chi connectivity index (χ0v) is 30.8. The summed E-state index contributed by atoms with van der Waals surface area (Å²) in [6.07, 6.45) is 0. The van der Waals surface area contributed by atoms with E-state index >= 15 is 0 Å². The number of rotatable bonds is 6. The largest absolute Gasteiger partial charge is 0.456 e. The molecule has 0 aliphatic carbocycles. The lowest BCUT2D eigenvalue weighted by molar-refractivity contribution is 0.669. The normalized spacial score (nSPS) is 11.6. The van der Waals surface area contributed by atoms with Gasteiger partial charge in [-0.05, 0) is 54.1 Å². The average molecular weight is 719 g/mol. The Kier molecular flexibility index (Phi) is 8.22. The summed E-state index contributed by atoms with van der Waals surface area (Å²) >= 11 is 0. The summed E-state index contributed by atoms with van der Waals surface area (Å²) in [4.78, 5) is 17.5. The Hall–Kier alpha value is -6.73. The molecule has 0 atom stereocenters. The highest BCUT2D eigenvalue weighted by molar-refractivity contribution is 6.68. The Bertz CT molecular complexity index is 3190. The average Bonchev–Trinajstić information content (AvgIpc) is 3.79. The van der Waals surface area contributed by atoms with Gasteiger partial charge in [0.25, 0.3) is 0 Å². The van der Waals surface area contributed by atoms with Crippen molar-refractivity contribution < 1.29 is 4.42 Å². The molecule has 0 bridgehead atoms. The Morgan fingerprint density at radius 3 is 1.86 bits per heavy atom. The van der Waals surface area contributed by atoms with Crippen LogP contribution in [0.1, 0.15) is 0 Å². The van der Waals surface area contributed by atoms with Crippen LogP contribution in [0.15, 0.2) is 144 Å². The first kappa shape index (κ1) is 34.7. The Labute approximate surface area is 335 Å². The highest BCUT2D eigenvalue weighted by Crippen LogP contribution is 2.42. The summed E-state index contributed by atoms with van der Waals surface area (Å²) in [5.74, 6) is 0.875. The third kappa shape index (κ3) is 5.60. The number of aromatic nitrogens is 4. The second kappa shape index (κ2) is 13.5. The molecular weight excluding hydrogens is 693 g/mol. The summed E-state index contributed by atoms with van der Waals surface area (Å²) in [6.45, 7) is 0.